The molecule has 3 unspecified atom stereocenters. The number of phenols is 1. The summed E-state index contributed by atoms with van der Waals surface area (Å²) in [6.07, 6.45) is 2.86. The van der Waals surface area contributed by atoms with Crippen LogP contribution in [0.15, 0.2) is 72.9 Å². The van der Waals surface area contributed by atoms with Gasteiger partial charge in [-0.05, 0) is 42.7 Å². The maximum Gasteiger partial charge on any atom is 0.253 e. The van der Waals surface area contributed by atoms with E-state index in [1.54, 1.807) is 29.2 Å². The number of nitrogens with one attached hydrogen (secondary N) is 1. The number of benzene rings is 2. The molecule has 2 aromatic carbocycles. The molecule has 2 aliphatic heterocycles. The number of rotatable bonds is 6. The fraction of sp³-hybridized carbons (Fsp3) is 0.286. The zero-order valence-electron chi connectivity index (χ0n) is 19.7. The van der Waals surface area contributed by atoms with Crippen LogP contribution in [0.4, 0.5) is 0 Å². The Bertz CT molecular complexity index is 1240. The smallest absolute Gasteiger partial charge is 0.253 e. The molecule has 8 heteroatoms. The molecule has 5 rings (SSSR count). The average molecular weight is 486 g/mol. The topological polar surface area (TPSA) is 109 Å². The minimum absolute atomic E-state index is 0.00747. The highest BCUT2D eigenvalue weighted by atomic mass is 16.5. The number of nitrogens with zero attached hydrogens (tertiary/aromatic N) is 2. The van der Waals surface area contributed by atoms with Crippen molar-refractivity contribution in [1.82, 2.24) is 15.2 Å². The molecule has 1 aromatic heterocycles. The first-order valence-corrected chi connectivity index (χ1v) is 12.0. The number of aromatic hydroxyl groups is 1. The lowest BCUT2D eigenvalue weighted by atomic mass is 9.95. The number of hydrogen-bond acceptors (Lipinski definition) is 6. The van der Waals surface area contributed by atoms with E-state index in [0.717, 1.165) is 29.7 Å². The molecule has 3 atom stereocenters. The molecule has 0 aliphatic carbocycles. The monoisotopic (exact) mass is 485 g/mol. The van der Waals surface area contributed by atoms with Gasteiger partial charge in [-0.1, -0.05) is 42.5 Å². The SMILES string of the molecule is O=C(NC(Cc1ccc(O)cc1)C(=O)N1CCCC2OCC(=O)C21)c1ccc(-c2ccccc2)nc1. The van der Waals surface area contributed by atoms with E-state index in [-0.39, 0.29) is 36.6 Å². The summed E-state index contributed by atoms with van der Waals surface area (Å²) >= 11 is 0. The van der Waals surface area contributed by atoms with Crippen LogP contribution in [-0.2, 0) is 20.7 Å². The van der Waals surface area contributed by atoms with Crippen molar-refractivity contribution in [3.05, 3.63) is 84.1 Å². The Morgan fingerprint density at radius 3 is 2.58 bits per heavy atom. The van der Waals surface area contributed by atoms with E-state index in [2.05, 4.69) is 10.3 Å². The average Bonchev–Trinajstić information content (AvgIpc) is 3.30. The van der Waals surface area contributed by atoms with Crippen LogP contribution in [-0.4, -0.2) is 63.9 Å². The molecule has 3 heterocycles. The van der Waals surface area contributed by atoms with E-state index in [1.165, 1.54) is 18.3 Å². The van der Waals surface area contributed by atoms with Crippen LogP contribution in [0, 0.1) is 0 Å². The van der Waals surface area contributed by atoms with Gasteiger partial charge >= 0.3 is 0 Å². The fourth-order valence-corrected chi connectivity index (χ4v) is 4.86. The van der Waals surface area contributed by atoms with Gasteiger partial charge in [0.2, 0.25) is 5.91 Å². The van der Waals surface area contributed by atoms with E-state index in [4.69, 9.17) is 4.74 Å². The second kappa shape index (κ2) is 10.3. The predicted molar refractivity (Wildman–Crippen MR) is 132 cm³/mol. The highest BCUT2D eigenvalue weighted by Crippen LogP contribution is 2.27. The van der Waals surface area contributed by atoms with Gasteiger partial charge in [0, 0.05) is 24.7 Å². The van der Waals surface area contributed by atoms with Crippen molar-refractivity contribution in [2.45, 2.75) is 37.5 Å². The van der Waals surface area contributed by atoms with Crippen LogP contribution in [0.5, 0.6) is 5.75 Å². The van der Waals surface area contributed by atoms with E-state index in [0.29, 0.717) is 12.1 Å². The molecule has 2 saturated heterocycles. The highest BCUT2D eigenvalue weighted by Gasteiger charge is 2.45. The predicted octanol–water partition coefficient (Wildman–Crippen LogP) is 2.75. The molecule has 0 saturated carbocycles. The molecule has 0 bridgehead atoms. The molecule has 36 heavy (non-hydrogen) atoms. The molecular weight excluding hydrogens is 458 g/mol. The largest absolute Gasteiger partial charge is 0.508 e. The lowest BCUT2D eigenvalue weighted by molar-refractivity contribution is -0.142. The van der Waals surface area contributed by atoms with Gasteiger partial charge in [0.1, 0.15) is 24.4 Å². The number of aromatic nitrogens is 1. The van der Waals surface area contributed by atoms with Crippen LogP contribution in [0.2, 0.25) is 0 Å². The van der Waals surface area contributed by atoms with Crippen molar-refractivity contribution >= 4 is 17.6 Å². The van der Waals surface area contributed by atoms with Gasteiger partial charge in [0.15, 0.2) is 5.78 Å². The molecule has 0 spiro atoms. The summed E-state index contributed by atoms with van der Waals surface area (Å²) in [6, 6.07) is 18.1. The first-order chi connectivity index (χ1) is 17.5. The molecule has 2 fully saturated rings. The lowest BCUT2D eigenvalue weighted by Gasteiger charge is -2.37. The summed E-state index contributed by atoms with van der Waals surface area (Å²) in [5, 5.41) is 12.5. The van der Waals surface area contributed by atoms with Crippen molar-refractivity contribution in [2.75, 3.05) is 13.2 Å². The van der Waals surface area contributed by atoms with Crippen LogP contribution in [0.25, 0.3) is 11.3 Å². The van der Waals surface area contributed by atoms with Crippen LogP contribution in [0.1, 0.15) is 28.8 Å². The summed E-state index contributed by atoms with van der Waals surface area (Å²) in [6.45, 7) is 0.442. The summed E-state index contributed by atoms with van der Waals surface area (Å²) in [7, 11) is 0. The standard InChI is InChI=1S/C28H27N3O5/c32-21-11-8-18(9-12-21)15-23(28(35)31-14-4-7-25-26(31)24(33)17-36-25)30-27(34)20-10-13-22(29-16-20)19-5-2-1-3-6-19/h1-3,5-6,8-13,16,23,25-26,32H,4,7,14-15,17H2,(H,30,34). The zero-order valence-corrected chi connectivity index (χ0v) is 19.7. The first kappa shape index (κ1) is 23.7. The number of carbonyl (C=O) groups excluding carboxylic acids is 3. The van der Waals surface area contributed by atoms with E-state index >= 15 is 0 Å². The summed E-state index contributed by atoms with van der Waals surface area (Å²) in [4.78, 5) is 45.3. The van der Waals surface area contributed by atoms with Crippen LogP contribution >= 0.6 is 0 Å². The Morgan fingerprint density at radius 2 is 1.86 bits per heavy atom. The van der Waals surface area contributed by atoms with E-state index in [9.17, 15) is 19.5 Å². The quantitative estimate of drug-likeness (QED) is 0.556. The molecule has 2 amide bonds. The molecule has 8 nitrogen and oxygen atoms in total. The number of Topliss-reactive ketones (excluding diaryl/α,β-unsaturated/α-hetero) is 1. The van der Waals surface area contributed by atoms with Gasteiger partial charge in [0.25, 0.3) is 5.91 Å². The number of carbonyl (C=O) groups is 3. The van der Waals surface area contributed by atoms with Crippen LogP contribution in [0.3, 0.4) is 0 Å². The zero-order chi connectivity index (χ0) is 25.1. The maximum absolute atomic E-state index is 13.7. The number of piperidine rings is 1. The number of pyridine rings is 1. The van der Waals surface area contributed by atoms with Gasteiger partial charge < -0.3 is 20.1 Å². The third-order valence-corrected chi connectivity index (χ3v) is 6.70. The normalized spacial score (nSPS) is 20.0. The number of likely N-dealkylation sites (tertiary alicyclic amines) is 1. The lowest BCUT2D eigenvalue weighted by Crippen LogP contribution is -2.58. The molecule has 2 N–H and O–H groups in total. The Balaban J connectivity index is 1.37. The third kappa shape index (κ3) is 4.99. The van der Waals surface area contributed by atoms with Crippen molar-refractivity contribution < 1.29 is 24.2 Å². The summed E-state index contributed by atoms with van der Waals surface area (Å²) < 4.78 is 5.59. The van der Waals surface area contributed by atoms with Crippen molar-refractivity contribution in [1.29, 1.82) is 0 Å². The van der Waals surface area contributed by atoms with Crippen molar-refractivity contribution in [3.63, 3.8) is 0 Å². The van der Waals surface area contributed by atoms with Gasteiger partial charge in [-0.2, -0.15) is 0 Å². The number of ketones is 1. The Morgan fingerprint density at radius 1 is 1.08 bits per heavy atom. The molecule has 0 radical (unpaired) electrons. The Labute approximate surface area is 208 Å². The second-order valence-corrected chi connectivity index (χ2v) is 9.13. The minimum Gasteiger partial charge on any atom is -0.508 e. The number of fused-ring (bicyclic) bond motifs is 1. The van der Waals surface area contributed by atoms with Crippen LogP contribution < -0.4 is 5.32 Å². The van der Waals surface area contributed by atoms with Crippen molar-refractivity contribution in [3.8, 4) is 17.0 Å². The molecular formula is C28H27N3O5. The number of hydrogen-bond donors (Lipinski definition) is 2. The minimum atomic E-state index is -0.900. The van der Waals surface area contributed by atoms with Gasteiger partial charge in [-0.3, -0.25) is 19.4 Å². The van der Waals surface area contributed by atoms with E-state index < -0.39 is 18.0 Å². The fourth-order valence-electron chi connectivity index (χ4n) is 4.86. The van der Waals surface area contributed by atoms with Crippen molar-refractivity contribution in [2.24, 2.45) is 0 Å². The second-order valence-electron chi connectivity index (χ2n) is 9.13. The Kier molecular flexibility index (Phi) is 6.77. The first-order valence-electron chi connectivity index (χ1n) is 12.0. The molecule has 2 aliphatic rings. The molecule has 3 aromatic rings. The van der Waals surface area contributed by atoms with Gasteiger partial charge in [-0.15, -0.1) is 0 Å². The molecule has 184 valence electrons. The van der Waals surface area contributed by atoms with Gasteiger partial charge in [0.05, 0.1) is 17.4 Å². The third-order valence-electron chi connectivity index (χ3n) is 6.70. The number of phenolic OH excluding ortho intramolecular Hbond substituents is 1. The van der Waals surface area contributed by atoms with Gasteiger partial charge in [-0.25, -0.2) is 0 Å². The summed E-state index contributed by atoms with van der Waals surface area (Å²) in [5.74, 6) is -0.744. The highest BCUT2D eigenvalue weighted by molar-refractivity contribution is 5.99. The summed E-state index contributed by atoms with van der Waals surface area (Å²) in [5.41, 5.74) is 2.78. The Hall–Kier alpha value is -4.04. The van der Waals surface area contributed by atoms with E-state index in [1.807, 2.05) is 30.3 Å². The number of ether oxygens (including phenoxy) is 1. The number of amides is 2. The maximum atomic E-state index is 13.7.